The second-order valence-corrected chi connectivity index (χ2v) is 4.61. The minimum Gasteiger partial charge on any atom is -0.394 e. The summed E-state index contributed by atoms with van der Waals surface area (Å²) in [5, 5.41) is 9.14. The summed E-state index contributed by atoms with van der Waals surface area (Å²) in [6.45, 7) is 4.02. The third-order valence-electron chi connectivity index (χ3n) is 3.11. The minimum atomic E-state index is -0.364. The molecule has 1 unspecified atom stereocenters. The summed E-state index contributed by atoms with van der Waals surface area (Å²) in [5.74, 6) is -0.364. The first-order chi connectivity index (χ1) is 6.08. The molecule has 0 radical (unpaired) electrons. The Labute approximate surface area is 79.0 Å². The molecule has 1 spiro atoms. The summed E-state index contributed by atoms with van der Waals surface area (Å²) >= 11 is 0. The molecule has 1 atom stereocenters. The zero-order valence-electron chi connectivity index (χ0n) is 8.38. The molecule has 0 aromatic rings. The average molecular weight is 186 g/mol. The van der Waals surface area contributed by atoms with Crippen LogP contribution in [0.25, 0.3) is 0 Å². The van der Waals surface area contributed by atoms with Gasteiger partial charge in [0.05, 0.1) is 12.2 Å². The van der Waals surface area contributed by atoms with E-state index in [9.17, 15) is 0 Å². The summed E-state index contributed by atoms with van der Waals surface area (Å²) in [6, 6.07) is 0. The van der Waals surface area contributed by atoms with Crippen LogP contribution < -0.4 is 0 Å². The molecule has 76 valence electrons. The zero-order chi connectivity index (χ0) is 9.53. The molecule has 2 fully saturated rings. The van der Waals surface area contributed by atoms with Crippen LogP contribution >= 0.6 is 0 Å². The van der Waals surface area contributed by atoms with E-state index < -0.39 is 0 Å². The van der Waals surface area contributed by atoms with E-state index in [0.29, 0.717) is 0 Å². The lowest BCUT2D eigenvalue weighted by molar-refractivity contribution is -0.180. The van der Waals surface area contributed by atoms with Gasteiger partial charge in [0, 0.05) is 12.8 Å². The molecule has 3 nitrogen and oxygen atoms in total. The summed E-state index contributed by atoms with van der Waals surface area (Å²) in [4.78, 5) is 0. The summed E-state index contributed by atoms with van der Waals surface area (Å²) in [5.41, 5.74) is -0.334. The highest BCUT2D eigenvalue weighted by Gasteiger charge is 2.52. The maximum absolute atomic E-state index is 9.14. The normalized spacial score (nSPS) is 35.8. The van der Waals surface area contributed by atoms with Crippen molar-refractivity contribution >= 4 is 0 Å². The molecule has 2 aliphatic rings. The molecule has 1 N–H and O–H groups in total. The highest BCUT2D eigenvalue weighted by molar-refractivity contribution is 4.94. The van der Waals surface area contributed by atoms with Gasteiger partial charge in [-0.25, -0.2) is 0 Å². The fourth-order valence-electron chi connectivity index (χ4n) is 2.36. The van der Waals surface area contributed by atoms with Gasteiger partial charge in [-0.1, -0.05) is 0 Å². The third kappa shape index (κ3) is 1.49. The standard InChI is InChI=1S/C10H18O3/c1-9(2)8(7-11)12-10(13-9)5-3-4-6-10/h8,11H,3-7H2,1-2H3. The molecule has 1 heterocycles. The average Bonchev–Trinajstić information content (AvgIpc) is 2.57. The van der Waals surface area contributed by atoms with Gasteiger partial charge in [-0.15, -0.1) is 0 Å². The van der Waals surface area contributed by atoms with Gasteiger partial charge in [0.1, 0.15) is 6.10 Å². The molecule has 0 aromatic heterocycles. The van der Waals surface area contributed by atoms with Crippen molar-refractivity contribution in [2.75, 3.05) is 6.61 Å². The molecule has 1 saturated heterocycles. The molecule has 1 aliphatic carbocycles. The number of hydrogen-bond donors (Lipinski definition) is 1. The van der Waals surface area contributed by atoms with Crippen LogP contribution in [0.3, 0.4) is 0 Å². The molecule has 0 amide bonds. The van der Waals surface area contributed by atoms with E-state index in [2.05, 4.69) is 0 Å². The number of rotatable bonds is 1. The van der Waals surface area contributed by atoms with E-state index >= 15 is 0 Å². The van der Waals surface area contributed by atoms with Crippen LogP contribution in [0.1, 0.15) is 39.5 Å². The predicted octanol–water partition coefficient (Wildman–Crippen LogP) is 1.44. The van der Waals surface area contributed by atoms with Gasteiger partial charge >= 0.3 is 0 Å². The fourth-order valence-corrected chi connectivity index (χ4v) is 2.36. The molecular formula is C10H18O3. The summed E-state index contributed by atoms with van der Waals surface area (Å²) in [7, 11) is 0. The minimum absolute atomic E-state index is 0.0503. The molecule has 2 rings (SSSR count). The van der Waals surface area contributed by atoms with E-state index in [1.54, 1.807) is 0 Å². The van der Waals surface area contributed by atoms with Crippen LogP contribution in [-0.4, -0.2) is 29.2 Å². The van der Waals surface area contributed by atoms with E-state index in [4.69, 9.17) is 14.6 Å². The van der Waals surface area contributed by atoms with Crippen molar-refractivity contribution in [3.8, 4) is 0 Å². The second-order valence-electron chi connectivity index (χ2n) is 4.61. The van der Waals surface area contributed by atoms with Crippen LogP contribution in [0.4, 0.5) is 0 Å². The van der Waals surface area contributed by atoms with Crippen molar-refractivity contribution in [2.24, 2.45) is 0 Å². The van der Waals surface area contributed by atoms with Gasteiger partial charge in [0.15, 0.2) is 5.79 Å². The van der Waals surface area contributed by atoms with Crippen molar-refractivity contribution in [3.63, 3.8) is 0 Å². The first-order valence-corrected chi connectivity index (χ1v) is 5.07. The van der Waals surface area contributed by atoms with E-state index in [-0.39, 0.29) is 24.1 Å². The van der Waals surface area contributed by atoms with Gasteiger partial charge in [-0.05, 0) is 26.7 Å². The molecule has 13 heavy (non-hydrogen) atoms. The lowest BCUT2D eigenvalue weighted by Crippen LogP contribution is -2.35. The Morgan fingerprint density at radius 1 is 1.31 bits per heavy atom. The first kappa shape index (κ1) is 9.44. The third-order valence-corrected chi connectivity index (χ3v) is 3.11. The van der Waals surface area contributed by atoms with Gasteiger partial charge < -0.3 is 14.6 Å². The number of aliphatic hydroxyl groups is 1. The van der Waals surface area contributed by atoms with E-state index in [0.717, 1.165) is 12.8 Å². The maximum Gasteiger partial charge on any atom is 0.169 e. The summed E-state index contributed by atoms with van der Waals surface area (Å²) < 4.78 is 11.7. The first-order valence-electron chi connectivity index (χ1n) is 5.07. The van der Waals surface area contributed by atoms with Crippen molar-refractivity contribution in [3.05, 3.63) is 0 Å². The Kier molecular flexibility index (Phi) is 2.13. The van der Waals surface area contributed by atoms with Gasteiger partial charge in [-0.2, -0.15) is 0 Å². The largest absolute Gasteiger partial charge is 0.394 e. The van der Waals surface area contributed by atoms with E-state index in [1.165, 1.54) is 12.8 Å². The second kappa shape index (κ2) is 2.94. The van der Waals surface area contributed by atoms with Crippen LogP contribution in [0.2, 0.25) is 0 Å². The number of hydrogen-bond acceptors (Lipinski definition) is 3. The van der Waals surface area contributed by atoms with Gasteiger partial charge in [0.2, 0.25) is 0 Å². The van der Waals surface area contributed by atoms with Crippen molar-refractivity contribution < 1.29 is 14.6 Å². The zero-order valence-corrected chi connectivity index (χ0v) is 8.38. The molecule has 3 heteroatoms. The van der Waals surface area contributed by atoms with Crippen LogP contribution in [0, 0.1) is 0 Å². The van der Waals surface area contributed by atoms with Crippen molar-refractivity contribution in [2.45, 2.75) is 57.0 Å². The van der Waals surface area contributed by atoms with Crippen molar-refractivity contribution in [1.82, 2.24) is 0 Å². The Balaban J connectivity index is 2.12. The number of aliphatic hydroxyl groups excluding tert-OH is 1. The molecular weight excluding hydrogens is 168 g/mol. The Morgan fingerprint density at radius 3 is 2.38 bits per heavy atom. The molecule has 0 aromatic carbocycles. The SMILES string of the molecule is CC1(C)OC2(CCCC2)OC1CO. The summed E-state index contributed by atoms with van der Waals surface area (Å²) in [6.07, 6.45) is 4.15. The maximum atomic E-state index is 9.14. The monoisotopic (exact) mass is 186 g/mol. The predicted molar refractivity (Wildman–Crippen MR) is 48.3 cm³/mol. The van der Waals surface area contributed by atoms with Gasteiger partial charge in [-0.3, -0.25) is 0 Å². The highest BCUT2D eigenvalue weighted by atomic mass is 16.8. The van der Waals surface area contributed by atoms with Crippen molar-refractivity contribution in [1.29, 1.82) is 0 Å². The Morgan fingerprint density at radius 2 is 1.92 bits per heavy atom. The van der Waals surface area contributed by atoms with Gasteiger partial charge in [0.25, 0.3) is 0 Å². The van der Waals surface area contributed by atoms with Crippen LogP contribution in [0.15, 0.2) is 0 Å². The lowest BCUT2D eigenvalue weighted by Gasteiger charge is -2.24. The Hall–Kier alpha value is -0.120. The topological polar surface area (TPSA) is 38.7 Å². The fraction of sp³-hybridized carbons (Fsp3) is 1.00. The van der Waals surface area contributed by atoms with Crippen LogP contribution in [0.5, 0.6) is 0 Å². The van der Waals surface area contributed by atoms with E-state index in [1.807, 2.05) is 13.8 Å². The quantitative estimate of drug-likeness (QED) is 0.673. The van der Waals surface area contributed by atoms with Crippen LogP contribution in [-0.2, 0) is 9.47 Å². The molecule has 0 bridgehead atoms. The Bertz CT molecular complexity index is 194. The highest BCUT2D eigenvalue weighted by Crippen LogP contribution is 2.45. The smallest absolute Gasteiger partial charge is 0.169 e. The molecule has 1 saturated carbocycles. The number of ether oxygens (including phenoxy) is 2. The molecule has 1 aliphatic heterocycles. The lowest BCUT2D eigenvalue weighted by atomic mass is 10.0.